The number of nitrogens with zero attached hydrogens (tertiary/aromatic N) is 1. The molecule has 7 heteroatoms. The van der Waals surface area contributed by atoms with Gasteiger partial charge in [-0.25, -0.2) is 4.79 Å². The topological polar surface area (TPSA) is 89.9 Å². The summed E-state index contributed by atoms with van der Waals surface area (Å²) in [5.41, 5.74) is 3.37. The third kappa shape index (κ3) is 3.82. The van der Waals surface area contributed by atoms with Gasteiger partial charge in [0.15, 0.2) is 11.5 Å². The molecule has 2 aromatic carbocycles. The molecule has 0 spiro atoms. The Hall–Kier alpha value is -3.06. The van der Waals surface area contributed by atoms with Crippen LogP contribution in [-0.2, 0) is 11.2 Å². The van der Waals surface area contributed by atoms with E-state index in [4.69, 9.17) is 19.2 Å². The van der Waals surface area contributed by atoms with Crippen LogP contribution in [-0.4, -0.2) is 37.0 Å². The Morgan fingerprint density at radius 2 is 1.85 bits per heavy atom. The SMILES string of the molecule is COc1cc2c3c(c4ncc(NC(=O)OCC(C)C)cc4c2cc1OC)[C@@H](O)[C@H]1CCCC1C3. The van der Waals surface area contributed by atoms with Gasteiger partial charge >= 0.3 is 6.09 Å². The monoisotopic (exact) mass is 464 g/mol. The van der Waals surface area contributed by atoms with Crippen molar-refractivity contribution in [1.29, 1.82) is 0 Å². The van der Waals surface area contributed by atoms with E-state index >= 15 is 0 Å². The third-order valence-electron chi connectivity index (χ3n) is 7.29. The number of aliphatic hydroxyl groups excluding tert-OH is 1. The van der Waals surface area contributed by atoms with Crippen molar-refractivity contribution in [2.24, 2.45) is 17.8 Å². The first-order valence-corrected chi connectivity index (χ1v) is 12.0. The average Bonchev–Trinajstić information content (AvgIpc) is 3.31. The van der Waals surface area contributed by atoms with E-state index in [-0.39, 0.29) is 11.8 Å². The Morgan fingerprint density at radius 3 is 2.56 bits per heavy atom. The van der Waals surface area contributed by atoms with Crippen LogP contribution < -0.4 is 14.8 Å². The molecule has 0 saturated heterocycles. The van der Waals surface area contributed by atoms with Crippen LogP contribution in [0.1, 0.15) is 50.3 Å². The van der Waals surface area contributed by atoms with E-state index in [0.29, 0.717) is 29.7 Å². The highest BCUT2D eigenvalue weighted by Gasteiger charge is 2.41. The summed E-state index contributed by atoms with van der Waals surface area (Å²) < 4.78 is 16.5. The Morgan fingerprint density at radius 1 is 1.12 bits per heavy atom. The highest BCUT2D eigenvalue weighted by Crippen LogP contribution is 2.52. The van der Waals surface area contributed by atoms with Crippen LogP contribution in [0.25, 0.3) is 21.7 Å². The third-order valence-corrected chi connectivity index (χ3v) is 7.29. The molecular formula is C27H32N2O5. The number of hydrogen-bond donors (Lipinski definition) is 2. The highest BCUT2D eigenvalue weighted by atomic mass is 16.5. The van der Waals surface area contributed by atoms with Gasteiger partial charge in [0, 0.05) is 10.9 Å². The number of aliphatic hydroxyl groups is 1. The van der Waals surface area contributed by atoms with Gasteiger partial charge in [0.25, 0.3) is 0 Å². The van der Waals surface area contributed by atoms with Crippen molar-refractivity contribution in [2.75, 3.05) is 26.1 Å². The molecule has 1 fully saturated rings. The number of rotatable bonds is 5. The summed E-state index contributed by atoms with van der Waals surface area (Å²) in [6, 6.07) is 5.87. The Kier molecular flexibility index (Phi) is 5.98. The quantitative estimate of drug-likeness (QED) is 0.477. The molecule has 1 heterocycles. The molecule has 2 aliphatic carbocycles. The van der Waals surface area contributed by atoms with E-state index in [0.717, 1.165) is 58.5 Å². The van der Waals surface area contributed by atoms with Gasteiger partial charge in [-0.2, -0.15) is 0 Å². The van der Waals surface area contributed by atoms with Gasteiger partial charge in [0.2, 0.25) is 0 Å². The minimum absolute atomic E-state index is 0.249. The first-order valence-electron chi connectivity index (χ1n) is 12.0. The molecule has 1 unspecified atom stereocenters. The summed E-state index contributed by atoms with van der Waals surface area (Å²) in [6.07, 6.45) is 4.82. The fourth-order valence-electron chi connectivity index (χ4n) is 5.74. The second-order valence-corrected chi connectivity index (χ2v) is 9.89. The van der Waals surface area contributed by atoms with Gasteiger partial charge < -0.3 is 19.3 Å². The van der Waals surface area contributed by atoms with Gasteiger partial charge in [0.1, 0.15) is 0 Å². The van der Waals surface area contributed by atoms with E-state index < -0.39 is 12.2 Å². The summed E-state index contributed by atoms with van der Waals surface area (Å²) in [4.78, 5) is 17.0. The summed E-state index contributed by atoms with van der Waals surface area (Å²) >= 11 is 0. The van der Waals surface area contributed by atoms with Gasteiger partial charge in [-0.15, -0.1) is 0 Å². The van der Waals surface area contributed by atoms with Crippen molar-refractivity contribution >= 4 is 33.5 Å². The number of hydrogen-bond acceptors (Lipinski definition) is 6. The number of aromatic nitrogens is 1. The number of pyridine rings is 1. The molecule has 1 amide bonds. The molecular weight excluding hydrogens is 432 g/mol. The molecule has 7 nitrogen and oxygen atoms in total. The van der Waals surface area contributed by atoms with Crippen molar-refractivity contribution in [1.82, 2.24) is 4.98 Å². The number of methoxy groups -OCH3 is 2. The van der Waals surface area contributed by atoms with Gasteiger partial charge in [-0.3, -0.25) is 10.3 Å². The number of benzene rings is 2. The summed E-state index contributed by atoms with van der Waals surface area (Å²) in [7, 11) is 3.25. The maximum absolute atomic E-state index is 12.3. The van der Waals surface area contributed by atoms with Crippen LogP contribution in [0.5, 0.6) is 11.5 Å². The number of carbonyl (C=O) groups is 1. The lowest BCUT2D eigenvalue weighted by molar-refractivity contribution is 0.0758. The van der Waals surface area contributed by atoms with Crippen molar-refractivity contribution in [3.05, 3.63) is 35.5 Å². The zero-order valence-electron chi connectivity index (χ0n) is 20.2. The van der Waals surface area contributed by atoms with Crippen LogP contribution >= 0.6 is 0 Å². The molecule has 34 heavy (non-hydrogen) atoms. The molecule has 3 aromatic rings. The smallest absolute Gasteiger partial charge is 0.411 e. The summed E-state index contributed by atoms with van der Waals surface area (Å²) in [5, 5.41) is 17.1. The molecule has 0 radical (unpaired) electrons. The number of nitrogens with one attached hydrogen (secondary N) is 1. The fourth-order valence-corrected chi connectivity index (χ4v) is 5.74. The summed E-state index contributed by atoms with van der Waals surface area (Å²) in [6.45, 7) is 4.32. The van der Waals surface area contributed by atoms with Crippen molar-refractivity contribution < 1.29 is 24.1 Å². The molecule has 180 valence electrons. The van der Waals surface area contributed by atoms with E-state index in [1.807, 2.05) is 32.0 Å². The van der Waals surface area contributed by atoms with Gasteiger partial charge in [-0.05, 0) is 71.6 Å². The van der Waals surface area contributed by atoms with Crippen LogP contribution in [0, 0.1) is 17.8 Å². The predicted octanol–water partition coefficient (Wildman–Crippen LogP) is 5.62. The lowest BCUT2D eigenvalue weighted by Crippen LogP contribution is -2.26. The lowest BCUT2D eigenvalue weighted by Gasteiger charge is -2.34. The fraction of sp³-hybridized carbons (Fsp3) is 0.481. The normalized spacial score (nSPS) is 21.4. The molecule has 3 atom stereocenters. The minimum Gasteiger partial charge on any atom is -0.493 e. The molecule has 2 aliphatic rings. The highest BCUT2D eigenvalue weighted by molar-refractivity contribution is 6.12. The first kappa shape index (κ1) is 22.7. The van der Waals surface area contributed by atoms with E-state index in [2.05, 4.69) is 5.32 Å². The largest absolute Gasteiger partial charge is 0.493 e. The van der Waals surface area contributed by atoms with Crippen LogP contribution in [0.4, 0.5) is 10.5 Å². The van der Waals surface area contributed by atoms with Crippen LogP contribution in [0.2, 0.25) is 0 Å². The van der Waals surface area contributed by atoms with E-state index in [1.165, 1.54) is 0 Å². The molecule has 5 rings (SSSR count). The maximum atomic E-state index is 12.3. The maximum Gasteiger partial charge on any atom is 0.411 e. The molecule has 1 saturated carbocycles. The summed E-state index contributed by atoms with van der Waals surface area (Å²) in [5.74, 6) is 2.27. The van der Waals surface area contributed by atoms with Crippen LogP contribution in [0.15, 0.2) is 24.4 Å². The number of anilines is 1. The number of ether oxygens (including phenoxy) is 3. The van der Waals surface area contributed by atoms with Crippen LogP contribution in [0.3, 0.4) is 0 Å². The Bertz CT molecular complexity index is 1260. The molecule has 0 aliphatic heterocycles. The second kappa shape index (κ2) is 8.95. The van der Waals surface area contributed by atoms with E-state index in [9.17, 15) is 9.90 Å². The number of fused-ring (bicyclic) bond motifs is 7. The standard InChI is InChI=1S/C27H32N2O5/c1-14(2)13-34-27(31)29-16-9-21-19-11-23(33-4)22(32-3)10-18(19)20-8-15-6-5-7-17(15)26(30)24(20)25(21)28-12-16/h9-12,14-15,17,26,30H,5-8,13H2,1-4H3,(H,29,31)/t15?,17-,26-/m0/s1. The van der Waals surface area contributed by atoms with Gasteiger partial charge in [0.05, 0.1) is 44.3 Å². The first-order chi connectivity index (χ1) is 16.4. The Labute approximate surface area is 199 Å². The predicted molar refractivity (Wildman–Crippen MR) is 132 cm³/mol. The zero-order chi connectivity index (χ0) is 24.0. The average molecular weight is 465 g/mol. The van der Waals surface area contributed by atoms with E-state index in [1.54, 1.807) is 20.4 Å². The zero-order valence-corrected chi connectivity index (χ0v) is 20.2. The molecule has 2 N–H and O–H groups in total. The minimum atomic E-state index is -0.557. The number of carbonyl (C=O) groups excluding carboxylic acids is 1. The lowest BCUT2D eigenvalue weighted by atomic mass is 9.73. The Balaban J connectivity index is 1.70. The van der Waals surface area contributed by atoms with Crippen molar-refractivity contribution in [2.45, 2.75) is 45.6 Å². The number of amides is 1. The second-order valence-electron chi connectivity index (χ2n) is 9.89. The molecule has 1 aromatic heterocycles. The van der Waals surface area contributed by atoms with Crippen molar-refractivity contribution in [3.8, 4) is 11.5 Å². The van der Waals surface area contributed by atoms with Gasteiger partial charge in [-0.1, -0.05) is 20.3 Å². The van der Waals surface area contributed by atoms with Crippen molar-refractivity contribution in [3.63, 3.8) is 0 Å². The molecule has 0 bridgehead atoms.